The molecule has 2 aromatic rings. The van der Waals surface area contributed by atoms with Gasteiger partial charge in [0.2, 0.25) is 0 Å². The van der Waals surface area contributed by atoms with E-state index in [0.717, 1.165) is 30.0 Å². The molecule has 1 aromatic carbocycles. The Bertz CT molecular complexity index is 638. The minimum Gasteiger partial charge on any atom is -0.493 e. The monoisotopic (exact) mass is 254 g/mol. The van der Waals surface area contributed by atoms with Crippen LogP contribution in [-0.2, 0) is 17.6 Å². The number of benzene rings is 1. The molecule has 0 aliphatic carbocycles. The van der Waals surface area contributed by atoms with E-state index in [4.69, 9.17) is 4.74 Å². The Hall–Kier alpha value is -2.23. The summed E-state index contributed by atoms with van der Waals surface area (Å²) in [4.78, 5) is 19.7. The molecule has 19 heavy (non-hydrogen) atoms. The summed E-state index contributed by atoms with van der Waals surface area (Å²) < 4.78 is 5.49. The van der Waals surface area contributed by atoms with Gasteiger partial charge >= 0.3 is 0 Å². The van der Waals surface area contributed by atoms with E-state index in [-0.39, 0.29) is 12.2 Å². The standard InChI is InChI=1S/C15H14N2O2/c1-10(18)8-15-16-6-4-13(17-15)11-2-3-14-12(9-11)5-7-19-14/h2-4,6,9H,5,7-8H2,1H3. The van der Waals surface area contributed by atoms with Gasteiger partial charge in [-0.15, -0.1) is 0 Å². The van der Waals surface area contributed by atoms with Crippen LogP contribution in [0.25, 0.3) is 11.3 Å². The number of aromatic nitrogens is 2. The van der Waals surface area contributed by atoms with Gasteiger partial charge in [-0.3, -0.25) is 4.79 Å². The van der Waals surface area contributed by atoms with E-state index in [1.54, 1.807) is 13.1 Å². The first-order chi connectivity index (χ1) is 9.22. The van der Waals surface area contributed by atoms with Crippen LogP contribution in [0.4, 0.5) is 0 Å². The smallest absolute Gasteiger partial charge is 0.137 e. The largest absolute Gasteiger partial charge is 0.493 e. The van der Waals surface area contributed by atoms with Gasteiger partial charge in [0.15, 0.2) is 0 Å². The number of hydrogen-bond donors (Lipinski definition) is 0. The molecule has 0 amide bonds. The van der Waals surface area contributed by atoms with Crippen LogP contribution in [0.5, 0.6) is 5.75 Å². The van der Waals surface area contributed by atoms with E-state index in [1.165, 1.54) is 5.56 Å². The van der Waals surface area contributed by atoms with E-state index >= 15 is 0 Å². The number of nitrogens with zero attached hydrogens (tertiary/aromatic N) is 2. The zero-order chi connectivity index (χ0) is 13.2. The van der Waals surface area contributed by atoms with E-state index in [2.05, 4.69) is 16.0 Å². The van der Waals surface area contributed by atoms with Gasteiger partial charge in [-0.05, 0) is 36.8 Å². The molecule has 0 saturated heterocycles. The summed E-state index contributed by atoms with van der Waals surface area (Å²) >= 11 is 0. The lowest BCUT2D eigenvalue weighted by Crippen LogP contribution is -2.02. The van der Waals surface area contributed by atoms with Gasteiger partial charge in [0.25, 0.3) is 0 Å². The average molecular weight is 254 g/mol. The number of hydrogen-bond acceptors (Lipinski definition) is 4. The maximum absolute atomic E-state index is 11.1. The van der Waals surface area contributed by atoms with Gasteiger partial charge in [0.1, 0.15) is 17.4 Å². The van der Waals surface area contributed by atoms with Crippen molar-refractivity contribution < 1.29 is 9.53 Å². The van der Waals surface area contributed by atoms with E-state index in [9.17, 15) is 4.79 Å². The number of carbonyl (C=O) groups excluding carboxylic acids is 1. The Morgan fingerprint density at radius 1 is 1.37 bits per heavy atom. The van der Waals surface area contributed by atoms with Crippen LogP contribution in [0.3, 0.4) is 0 Å². The Balaban J connectivity index is 1.95. The van der Waals surface area contributed by atoms with Crippen molar-refractivity contribution in [1.29, 1.82) is 0 Å². The molecule has 0 spiro atoms. The van der Waals surface area contributed by atoms with E-state index in [1.807, 2.05) is 18.2 Å². The molecule has 0 saturated carbocycles. The minimum absolute atomic E-state index is 0.0690. The second kappa shape index (κ2) is 4.80. The maximum atomic E-state index is 11.1. The summed E-state index contributed by atoms with van der Waals surface area (Å²) in [5, 5.41) is 0. The lowest BCUT2D eigenvalue weighted by atomic mass is 10.1. The van der Waals surface area contributed by atoms with E-state index in [0.29, 0.717) is 5.82 Å². The molecule has 0 radical (unpaired) electrons. The van der Waals surface area contributed by atoms with Crippen molar-refractivity contribution in [3.05, 3.63) is 41.9 Å². The van der Waals surface area contributed by atoms with E-state index < -0.39 is 0 Å². The molecule has 1 aliphatic heterocycles. The molecule has 3 rings (SSSR count). The highest BCUT2D eigenvalue weighted by atomic mass is 16.5. The molecule has 0 bridgehead atoms. The van der Waals surface area contributed by atoms with Crippen LogP contribution in [-0.4, -0.2) is 22.4 Å². The summed E-state index contributed by atoms with van der Waals surface area (Å²) in [5.74, 6) is 1.60. The molecule has 96 valence electrons. The molecular formula is C15H14N2O2. The SMILES string of the molecule is CC(=O)Cc1nccc(-c2ccc3c(c2)CCO3)n1. The molecule has 4 nitrogen and oxygen atoms in total. The zero-order valence-corrected chi connectivity index (χ0v) is 10.7. The lowest BCUT2D eigenvalue weighted by molar-refractivity contribution is -0.116. The second-order valence-electron chi connectivity index (χ2n) is 4.66. The number of ether oxygens (including phenoxy) is 1. The van der Waals surface area contributed by atoms with Gasteiger partial charge in [-0.2, -0.15) is 0 Å². The molecule has 0 unspecified atom stereocenters. The predicted octanol–water partition coefficient (Wildman–Crippen LogP) is 2.21. The van der Waals surface area contributed by atoms with Crippen molar-refractivity contribution in [1.82, 2.24) is 9.97 Å². The highest BCUT2D eigenvalue weighted by Crippen LogP contribution is 2.29. The number of rotatable bonds is 3. The molecule has 4 heteroatoms. The molecule has 0 fully saturated rings. The number of Topliss-reactive ketones (excluding diaryl/α,β-unsaturated/α-hetero) is 1. The topological polar surface area (TPSA) is 52.1 Å². The number of carbonyl (C=O) groups is 1. The summed E-state index contributed by atoms with van der Waals surface area (Å²) in [5.41, 5.74) is 3.10. The van der Waals surface area contributed by atoms with Crippen molar-refractivity contribution >= 4 is 5.78 Å². The quantitative estimate of drug-likeness (QED) is 0.842. The molecule has 0 N–H and O–H groups in total. The molecule has 0 atom stereocenters. The van der Waals surface area contributed by atoms with Crippen molar-refractivity contribution in [3.8, 4) is 17.0 Å². The van der Waals surface area contributed by atoms with Crippen molar-refractivity contribution in [2.24, 2.45) is 0 Å². The van der Waals surface area contributed by atoms with Crippen LogP contribution >= 0.6 is 0 Å². The van der Waals surface area contributed by atoms with Crippen LogP contribution in [0.1, 0.15) is 18.3 Å². The van der Waals surface area contributed by atoms with Crippen molar-refractivity contribution in [2.45, 2.75) is 19.8 Å². The van der Waals surface area contributed by atoms with Crippen molar-refractivity contribution in [2.75, 3.05) is 6.61 Å². The third-order valence-electron chi connectivity index (χ3n) is 3.10. The Labute approximate surface area is 111 Å². The molecule has 1 aliphatic rings. The van der Waals surface area contributed by atoms with Crippen LogP contribution in [0.2, 0.25) is 0 Å². The minimum atomic E-state index is 0.0690. The molecule has 2 heterocycles. The summed E-state index contributed by atoms with van der Waals surface area (Å²) in [6, 6.07) is 7.93. The Kier molecular flexibility index (Phi) is 2.99. The highest BCUT2D eigenvalue weighted by Gasteiger charge is 2.13. The Morgan fingerprint density at radius 3 is 3.11 bits per heavy atom. The number of fused-ring (bicyclic) bond motifs is 1. The van der Waals surface area contributed by atoms with Gasteiger partial charge in [-0.25, -0.2) is 9.97 Å². The predicted molar refractivity (Wildman–Crippen MR) is 71.1 cm³/mol. The Morgan fingerprint density at radius 2 is 2.26 bits per heavy atom. The maximum Gasteiger partial charge on any atom is 0.137 e. The first-order valence-corrected chi connectivity index (χ1v) is 6.30. The first kappa shape index (κ1) is 11.8. The van der Waals surface area contributed by atoms with Gasteiger partial charge in [-0.1, -0.05) is 0 Å². The fraction of sp³-hybridized carbons (Fsp3) is 0.267. The number of ketones is 1. The van der Waals surface area contributed by atoms with Crippen LogP contribution in [0.15, 0.2) is 30.5 Å². The molecular weight excluding hydrogens is 240 g/mol. The van der Waals surface area contributed by atoms with Gasteiger partial charge < -0.3 is 4.74 Å². The van der Waals surface area contributed by atoms with Gasteiger partial charge in [0, 0.05) is 18.2 Å². The average Bonchev–Trinajstić information content (AvgIpc) is 2.85. The fourth-order valence-electron chi connectivity index (χ4n) is 2.21. The van der Waals surface area contributed by atoms with Crippen LogP contribution < -0.4 is 4.74 Å². The van der Waals surface area contributed by atoms with Crippen LogP contribution in [0, 0.1) is 0 Å². The zero-order valence-electron chi connectivity index (χ0n) is 10.7. The second-order valence-corrected chi connectivity index (χ2v) is 4.66. The normalized spacial score (nSPS) is 12.9. The third-order valence-corrected chi connectivity index (χ3v) is 3.10. The molecule has 1 aromatic heterocycles. The summed E-state index contributed by atoms with van der Waals surface area (Å²) in [6.07, 6.45) is 2.92. The summed E-state index contributed by atoms with van der Waals surface area (Å²) in [7, 11) is 0. The lowest BCUT2D eigenvalue weighted by Gasteiger charge is -2.05. The first-order valence-electron chi connectivity index (χ1n) is 6.30. The fourth-order valence-corrected chi connectivity index (χ4v) is 2.21. The third kappa shape index (κ3) is 2.47. The van der Waals surface area contributed by atoms with Crippen molar-refractivity contribution in [3.63, 3.8) is 0 Å². The highest BCUT2D eigenvalue weighted by molar-refractivity contribution is 5.77. The van der Waals surface area contributed by atoms with Gasteiger partial charge in [0.05, 0.1) is 18.7 Å². The summed E-state index contributed by atoms with van der Waals surface area (Å²) in [6.45, 7) is 2.29.